The van der Waals surface area contributed by atoms with E-state index in [2.05, 4.69) is 5.32 Å². The summed E-state index contributed by atoms with van der Waals surface area (Å²) in [6, 6.07) is 2.03. The molecular weight excluding hydrogens is 232 g/mol. The highest BCUT2D eigenvalue weighted by atomic mass is 32.2. The van der Waals surface area contributed by atoms with E-state index in [1.165, 1.54) is 15.6 Å². The van der Waals surface area contributed by atoms with Gasteiger partial charge in [0.25, 0.3) is 10.0 Å². The average Bonchev–Trinajstić information content (AvgIpc) is 2.64. The number of rotatable bonds is 2. The molecule has 0 radical (unpaired) electrons. The van der Waals surface area contributed by atoms with Crippen LogP contribution in [0.15, 0.2) is 15.7 Å². The van der Waals surface area contributed by atoms with E-state index in [9.17, 15) is 8.42 Å². The summed E-state index contributed by atoms with van der Waals surface area (Å²) < 4.78 is 25.8. The minimum Gasteiger partial charge on any atom is -0.309 e. The number of likely N-dealkylation sites (N-methyl/N-ethyl adjacent to an activating group) is 2. The smallest absolute Gasteiger partial charge is 0.252 e. The Bertz CT molecular complexity index is 452. The van der Waals surface area contributed by atoms with Crippen molar-refractivity contribution < 1.29 is 8.42 Å². The van der Waals surface area contributed by atoms with Crippen LogP contribution in [0.25, 0.3) is 0 Å². The van der Waals surface area contributed by atoms with Crippen molar-refractivity contribution in [3.63, 3.8) is 0 Å². The molecule has 84 valence electrons. The van der Waals surface area contributed by atoms with Gasteiger partial charge < -0.3 is 5.32 Å². The molecule has 0 saturated carbocycles. The molecule has 0 aliphatic carbocycles. The van der Waals surface area contributed by atoms with Crippen molar-refractivity contribution in [3.8, 4) is 0 Å². The number of hydrogen-bond acceptors (Lipinski definition) is 4. The molecule has 1 N–H and O–H groups in total. The number of nitrogens with one attached hydrogen (secondary N) is 1. The highest BCUT2D eigenvalue weighted by molar-refractivity contribution is 7.91. The highest BCUT2D eigenvalue weighted by Gasteiger charge is 2.35. The minimum atomic E-state index is -3.22. The Morgan fingerprint density at radius 1 is 1.67 bits per heavy atom. The van der Waals surface area contributed by atoms with Crippen molar-refractivity contribution in [2.45, 2.75) is 17.2 Å². The van der Waals surface area contributed by atoms with Gasteiger partial charge in [0.05, 0.1) is 0 Å². The molecule has 2 rings (SSSR count). The summed E-state index contributed by atoms with van der Waals surface area (Å²) >= 11 is 1.30. The lowest BCUT2D eigenvalue weighted by Gasteiger charge is -2.29. The normalized spacial score (nSPS) is 25.1. The molecule has 0 aromatic carbocycles. The van der Waals surface area contributed by atoms with Crippen LogP contribution in [0.2, 0.25) is 0 Å². The van der Waals surface area contributed by atoms with Crippen LogP contribution >= 0.6 is 11.3 Å². The van der Waals surface area contributed by atoms with E-state index in [1.54, 1.807) is 7.05 Å². The summed E-state index contributed by atoms with van der Waals surface area (Å²) in [7, 11) is -1.59. The monoisotopic (exact) mass is 246 g/mol. The van der Waals surface area contributed by atoms with Crippen LogP contribution in [0.3, 0.4) is 0 Å². The van der Waals surface area contributed by atoms with Gasteiger partial charge in [0.1, 0.15) is 4.21 Å². The molecule has 1 aliphatic heterocycles. The lowest BCUT2D eigenvalue weighted by Crippen LogP contribution is -2.40. The predicted octanol–water partition coefficient (Wildman–Crippen LogP) is 1.03. The van der Waals surface area contributed by atoms with E-state index in [-0.39, 0.29) is 6.04 Å². The van der Waals surface area contributed by atoms with Crippen LogP contribution in [-0.2, 0) is 10.0 Å². The molecule has 1 aromatic heterocycles. The third-order valence-corrected chi connectivity index (χ3v) is 5.89. The third kappa shape index (κ3) is 1.71. The first-order valence-corrected chi connectivity index (χ1v) is 7.16. The predicted molar refractivity (Wildman–Crippen MR) is 60.6 cm³/mol. The van der Waals surface area contributed by atoms with Crippen LogP contribution in [0.4, 0.5) is 0 Å². The molecule has 1 atom stereocenters. The zero-order valence-electron chi connectivity index (χ0n) is 8.73. The lowest BCUT2D eigenvalue weighted by atomic mass is 10.1. The number of thiophene rings is 1. The van der Waals surface area contributed by atoms with Crippen LogP contribution < -0.4 is 5.32 Å². The van der Waals surface area contributed by atoms with Crippen molar-refractivity contribution in [1.82, 2.24) is 9.62 Å². The highest BCUT2D eigenvalue weighted by Crippen LogP contribution is 2.35. The summed E-state index contributed by atoms with van der Waals surface area (Å²) in [6.07, 6.45) is 0. The fourth-order valence-electron chi connectivity index (χ4n) is 1.79. The Morgan fingerprint density at radius 2 is 2.40 bits per heavy atom. The van der Waals surface area contributed by atoms with E-state index in [0.717, 1.165) is 12.1 Å². The van der Waals surface area contributed by atoms with Crippen LogP contribution in [0.5, 0.6) is 0 Å². The van der Waals surface area contributed by atoms with Crippen molar-refractivity contribution >= 4 is 21.4 Å². The number of hydrogen-bond donors (Lipinski definition) is 1. The first-order valence-electron chi connectivity index (χ1n) is 4.84. The fraction of sp³-hybridized carbons (Fsp3) is 0.556. The van der Waals surface area contributed by atoms with Gasteiger partial charge in [0.15, 0.2) is 0 Å². The maximum absolute atomic E-state index is 11.9. The Morgan fingerprint density at radius 3 is 3.07 bits per heavy atom. The number of nitrogens with zero attached hydrogens (tertiary/aromatic N) is 1. The molecule has 1 aromatic rings. The zero-order chi connectivity index (χ0) is 11.1. The van der Waals surface area contributed by atoms with Crippen molar-refractivity contribution in [1.29, 1.82) is 0 Å². The van der Waals surface area contributed by atoms with E-state index < -0.39 is 10.0 Å². The van der Waals surface area contributed by atoms with E-state index in [1.807, 2.05) is 18.4 Å². The fourth-order valence-corrected chi connectivity index (χ4v) is 4.65. The lowest BCUT2D eigenvalue weighted by molar-refractivity contribution is 0.385. The molecule has 0 amide bonds. The summed E-state index contributed by atoms with van der Waals surface area (Å²) in [5.74, 6) is 0. The third-order valence-electron chi connectivity index (χ3n) is 2.57. The van der Waals surface area contributed by atoms with Crippen molar-refractivity contribution in [3.05, 3.63) is 17.0 Å². The first kappa shape index (κ1) is 11.1. The van der Waals surface area contributed by atoms with E-state index in [0.29, 0.717) is 10.8 Å². The Balaban J connectivity index is 2.48. The maximum atomic E-state index is 11.9. The standard InChI is InChI=1S/C9H14N2O2S2/c1-3-10-8-6-11(2)15(12,13)9-7(8)4-5-14-9/h4-5,8,10H,3,6H2,1-2H3/t8-/m0/s1. The SMILES string of the molecule is CCN[C@H]1CN(C)S(=O)(=O)c2sccc21. The molecule has 0 fully saturated rings. The zero-order valence-corrected chi connectivity index (χ0v) is 10.4. The molecule has 6 heteroatoms. The van der Waals surface area contributed by atoms with Gasteiger partial charge in [0.2, 0.25) is 0 Å². The van der Waals surface area contributed by atoms with E-state index in [4.69, 9.17) is 0 Å². The molecule has 4 nitrogen and oxygen atoms in total. The molecule has 0 bridgehead atoms. The van der Waals surface area contributed by atoms with Crippen LogP contribution in [0, 0.1) is 0 Å². The topological polar surface area (TPSA) is 49.4 Å². The quantitative estimate of drug-likeness (QED) is 0.848. The second-order valence-electron chi connectivity index (χ2n) is 3.56. The molecule has 15 heavy (non-hydrogen) atoms. The second-order valence-corrected chi connectivity index (χ2v) is 6.72. The van der Waals surface area contributed by atoms with Crippen LogP contribution in [0.1, 0.15) is 18.5 Å². The van der Waals surface area contributed by atoms with Crippen LogP contribution in [-0.4, -0.2) is 32.9 Å². The average molecular weight is 246 g/mol. The van der Waals surface area contributed by atoms with Gasteiger partial charge in [-0.2, -0.15) is 4.31 Å². The van der Waals surface area contributed by atoms with Gasteiger partial charge in [-0.1, -0.05) is 6.92 Å². The van der Waals surface area contributed by atoms with Gasteiger partial charge in [-0.3, -0.25) is 0 Å². The molecular formula is C9H14N2O2S2. The molecule has 1 aliphatic rings. The maximum Gasteiger partial charge on any atom is 0.252 e. The molecule has 0 unspecified atom stereocenters. The van der Waals surface area contributed by atoms with Gasteiger partial charge in [-0.25, -0.2) is 8.42 Å². The minimum absolute atomic E-state index is 0.129. The summed E-state index contributed by atoms with van der Waals surface area (Å²) in [5, 5.41) is 5.13. The first-order chi connectivity index (χ1) is 7.07. The van der Waals surface area contributed by atoms with Gasteiger partial charge in [-0.15, -0.1) is 11.3 Å². The summed E-state index contributed by atoms with van der Waals surface area (Å²) in [4.78, 5) is 0. The Labute approximate surface area is 94.0 Å². The Hall–Kier alpha value is -0.430. The van der Waals surface area contributed by atoms with E-state index >= 15 is 0 Å². The number of fused-ring (bicyclic) bond motifs is 1. The molecule has 0 spiro atoms. The van der Waals surface area contributed by atoms with Crippen molar-refractivity contribution in [2.75, 3.05) is 20.1 Å². The largest absolute Gasteiger partial charge is 0.309 e. The molecule has 0 saturated heterocycles. The summed E-state index contributed by atoms with van der Waals surface area (Å²) in [6.45, 7) is 3.38. The molecule has 2 heterocycles. The van der Waals surface area contributed by atoms with Crippen molar-refractivity contribution in [2.24, 2.45) is 0 Å². The van der Waals surface area contributed by atoms with Gasteiger partial charge in [-0.05, 0) is 18.0 Å². The second kappa shape index (κ2) is 3.86. The van der Waals surface area contributed by atoms with Gasteiger partial charge >= 0.3 is 0 Å². The summed E-state index contributed by atoms with van der Waals surface area (Å²) in [5.41, 5.74) is 0.917. The number of sulfonamides is 1. The van der Waals surface area contributed by atoms with Gasteiger partial charge in [0, 0.05) is 25.2 Å². The Kier molecular flexibility index (Phi) is 2.85.